The summed E-state index contributed by atoms with van der Waals surface area (Å²) >= 11 is 0. The van der Waals surface area contributed by atoms with Crippen LogP contribution in [0.25, 0.3) is 0 Å². The first-order valence-corrected chi connectivity index (χ1v) is 6.01. The molecule has 0 bridgehead atoms. The molecule has 1 rings (SSSR count). The summed E-state index contributed by atoms with van der Waals surface area (Å²) in [5, 5.41) is 0. The summed E-state index contributed by atoms with van der Waals surface area (Å²) in [4.78, 5) is 0. The molecule has 0 saturated carbocycles. The first kappa shape index (κ1) is 18.0. The largest absolute Gasteiger partial charge is 0.493 e. The Balaban J connectivity index is 0.00000324. The van der Waals surface area contributed by atoms with Gasteiger partial charge in [-0.2, -0.15) is 0 Å². The Labute approximate surface area is 119 Å². The van der Waals surface area contributed by atoms with Crippen molar-refractivity contribution in [3.63, 3.8) is 0 Å². The lowest BCUT2D eigenvalue weighted by Gasteiger charge is -2.16. The zero-order valence-electron chi connectivity index (χ0n) is 11.3. The van der Waals surface area contributed by atoms with Gasteiger partial charge in [0, 0.05) is 17.7 Å². The number of methoxy groups -OCH3 is 2. The third-order valence-corrected chi connectivity index (χ3v) is 2.87. The minimum Gasteiger partial charge on any atom is -0.493 e. The van der Waals surface area contributed by atoms with Gasteiger partial charge in [0.25, 0.3) is 0 Å². The Hall–Kier alpha value is -1.04. The molecule has 1 aromatic rings. The Bertz CT molecular complexity index is 391. The maximum Gasteiger partial charge on any atom is 0.163 e. The van der Waals surface area contributed by atoms with E-state index in [0.29, 0.717) is 30.0 Å². The van der Waals surface area contributed by atoms with Crippen LogP contribution >= 0.6 is 12.4 Å². The lowest BCUT2D eigenvalue weighted by molar-refractivity contribution is 0.350. The van der Waals surface area contributed by atoms with Gasteiger partial charge in [0.1, 0.15) is 5.82 Å². The van der Waals surface area contributed by atoms with E-state index in [2.05, 4.69) is 0 Å². The molecule has 6 heteroatoms. The van der Waals surface area contributed by atoms with E-state index >= 15 is 0 Å². The normalized spacial score (nSPS) is 11.6. The second-order valence-electron chi connectivity index (χ2n) is 4.12. The monoisotopic (exact) mass is 292 g/mol. The highest BCUT2D eigenvalue weighted by Crippen LogP contribution is 2.32. The van der Waals surface area contributed by atoms with E-state index < -0.39 is 0 Å². The Morgan fingerprint density at radius 3 is 2.26 bits per heavy atom. The van der Waals surface area contributed by atoms with Crippen LogP contribution in [0.5, 0.6) is 11.5 Å². The van der Waals surface area contributed by atoms with Crippen LogP contribution in [0.1, 0.15) is 30.9 Å². The molecular weight excluding hydrogens is 271 g/mol. The van der Waals surface area contributed by atoms with Crippen LogP contribution in [0.15, 0.2) is 12.1 Å². The van der Waals surface area contributed by atoms with Crippen molar-refractivity contribution in [1.82, 2.24) is 0 Å². The van der Waals surface area contributed by atoms with Crippen LogP contribution in [0, 0.1) is 5.82 Å². The molecule has 0 radical (unpaired) electrons. The molecule has 0 unspecified atom stereocenters. The molecule has 0 aliphatic carbocycles. The first-order valence-electron chi connectivity index (χ1n) is 6.01. The van der Waals surface area contributed by atoms with Crippen LogP contribution in [0.4, 0.5) is 4.39 Å². The smallest absolute Gasteiger partial charge is 0.163 e. The number of rotatable bonds is 7. The quantitative estimate of drug-likeness (QED) is 0.757. The van der Waals surface area contributed by atoms with Crippen LogP contribution in [0.2, 0.25) is 0 Å². The number of nitrogens with two attached hydrogens (primary N) is 2. The highest BCUT2D eigenvalue weighted by molar-refractivity contribution is 5.85. The summed E-state index contributed by atoms with van der Waals surface area (Å²) in [5.74, 6) is 0.490. The summed E-state index contributed by atoms with van der Waals surface area (Å²) < 4.78 is 24.0. The average Bonchev–Trinajstić information content (AvgIpc) is 2.38. The zero-order valence-corrected chi connectivity index (χ0v) is 12.1. The zero-order chi connectivity index (χ0) is 13.5. The van der Waals surface area contributed by atoms with Gasteiger partial charge < -0.3 is 20.9 Å². The third-order valence-electron chi connectivity index (χ3n) is 2.87. The lowest BCUT2D eigenvalue weighted by Crippen LogP contribution is -2.13. The second kappa shape index (κ2) is 8.96. The molecule has 1 atom stereocenters. The number of hydrogen-bond donors (Lipinski definition) is 2. The molecule has 0 spiro atoms. The number of ether oxygens (including phenoxy) is 2. The minimum absolute atomic E-state index is 0. The highest BCUT2D eigenvalue weighted by atomic mass is 35.5. The van der Waals surface area contributed by atoms with E-state index in [4.69, 9.17) is 20.9 Å². The molecule has 0 heterocycles. The van der Waals surface area contributed by atoms with Crippen molar-refractivity contribution in [3.05, 3.63) is 23.5 Å². The molecule has 0 aromatic heterocycles. The molecule has 19 heavy (non-hydrogen) atoms. The van der Waals surface area contributed by atoms with Gasteiger partial charge in [-0.1, -0.05) is 6.42 Å². The Morgan fingerprint density at radius 2 is 1.74 bits per heavy atom. The summed E-state index contributed by atoms with van der Waals surface area (Å²) in [6.07, 6.45) is 2.47. The minimum atomic E-state index is -0.368. The van der Waals surface area contributed by atoms with Crippen molar-refractivity contribution in [1.29, 1.82) is 0 Å². The van der Waals surface area contributed by atoms with Crippen molar-refractivity contribution >= 4 is 12.4 Å². The number of unbranched alkanes of at least 4 members (excludes halogenated alkanes) is 1. The van der Waals surface area contributed by atoms with Crippen LogP contribution in [0.3, 0.4) is 0 Å². The summed E-state index contributed by atoms with van der Waals surface area (Å²) in [6, 6.07) is 2.55. The van der Waals surface area contributed by atoms with Crippen molar-refractivity contribution < 1.29 is 13.9 Å². The van der Waals surface area contributed by atoms with E-state index in [1.165, 1.54) is 20.3 Å². The predicted octanol–water partition coefficient (Wildman–Crippen LogP) is 2.39. The van der Waals surface area contributed by atoms with Gasteiger partial charge in [0.15, 0.2) is 11.5 Å². The van der Waals surface area contributed by atoms with Crippen molar-refractivity contribution in [2.75, 3.05) is 20.8 Å². The third kappa shape index (κ3) is 4.86. The van der Waals surface area contributed by atoms with Crippen LogP contribution in [-0.2, 0) is 0 Å². The van der Waals surface area contributed by atoms with E-state index in [1.807, 2.05) is 0 Å². The van der Waals surface area contributed by atoms with Gasteiger partial charge in [0.2, 0.25) is 0 Å². The van der Waals surface area contributed by atoms with E-state index in [0.717, 1.165) is 12.8 Å². The van der Waals surface area contributed by atoms with Gasteiger partial charge in [-0.3, -0.25) is 0 Å². The molecule has 0 saturated heterocycles. The molecule has 0 amide bonds. The lowest BCUT2D eigenvalue weighted by atomic mass is 10.0. The first-order chi connectivity index (χ1) is 8.63. The van der Waals surface area contributed by atoms with Crippen molar-refractivity contribution in [2.45, 2.75) is 25.3 Å². The molecular formula is C13H22ClFN2O2. The van der Waals surface area contributed by atoms with Gasteiger partial charge in [-0.25, -0.2) is 4.39 Å². The molecule has 4 nitrogen and oxygen atoms in total. The van der Waals surface area contributed by atoms with Gasteiger partial charge >= 0.3 is 0 Å². The van der Waals surface area contributed by atoms with Gasteiger partial charge in [0.05, 0.1) is 14.2 Å². The van der Waals surface area contributed by atoms with Crippen LogP contribution < -0.4 is 20.9 Å². The summed E-state index contributed by atoms with van der Waals surface area (Å²) in [5.41, 5.74) is 11.8. The predicted molar refractivity (Wildman–Crippen MR) is 76.6 cm³/mol. The summed E-state index contributed by atoms with van der Waals surface area (Å²) in [7, 11) is 2.98. The van der Waals surface area contributed by atoms with E-state index in [1.54, 1.807) is 6.07 Å². The molecule has 1 aromatic carbocycles. The Kier molecular flexibility index (Phi) is 8.47. The maximum absolute atomic E-state index is 13.9. The molecule has 0 fully saturated rings. The number of hydrogen-bond acceptors (Lipinski definition) is 4. The van der Waals surface area contributed by atoms with Crippen LogP contribution in [-0.4, -0.2) is 20.8 Å². The Morgan fingerprint density at radius 1 is 1.16 bits per heavy atom. The van der Waals surface area contributed by atoms with E-state index in [-0.39, 0.29) is 24.3 Å². The maximum atomic E-state index is 13.9. The van der Waals surface area contributed by atoms with Gasteiger partial charge in [-0.05, 0) is 25.5 Å². The number of halogens is 2. The molecule has 0 aliphatic heterocycles. The highest BCUT2D eigenvalue weighted by Gasteiger charge is 2.16. The fourth-order valence-corrected chi connectivity index (χ4v) is 1.82. The summed E-state index contributed by atoms with van der Waals surface area (Å²) in [6.45, 7) is 0.626. The standard InChI is InChI=1S/C13H21FN2O2.ClH/c1-17-12-7-9(10(14)8-13(12)18-2)11(16)5-3-4-6-15;/h7-8,11H,3-6,15-16H2,1-2H3;1H/t11-;/m0./s1. The topological polar surface area (TPSA) is 70.5 Å². The fraction of sp³-hybridized carbons (Fsp3) is 0.538. The average molecular weight is 293 g/mol. The number of benzene rings is 1. The molecule has 4 N–H and O–H groups in total. The SMILES string of the molecule is COc1cc(F)c([C@@H](N)CCCCN)cc1OC.Cl. The molecule has 0 aliphatic rings. The van der Waals surface area contributed by atoms with Crippen molar-refractivity contribution in [3.8, 4) is 11.5 Å². The van der Waals surface area contributed by atoms with Gasteiger partial charge in [-0.15, -0.1) is 12.4 Å². The fourth-order valence-electron chi connectivity index (χ4n) is 1.82. The van der Waals surface area contributed by atoms with E-state index in [9.17, 15) is 4.39 Å². The molecule has 110 valence electrons. The van der Waals surface area contributed by atoms with Crippen molar-refractivity contribution in [2.24, 2.45) is 11.5 Å². The second-order valence-corrected chi connectivity index (χ2v) is 4.12.